The molecule has 0 bridgehead atoms. The van der Waals surface area contributed by atoms with Crippen LogP contribution in [0.25, 0.3) is 11.2 Å². The maximum atomic E-state index is 11.6. The fraction of sp³-hybridized carbons (Fsp3) is 0.500. The van der Waals surface area contributed by atoms with E-state index >= 15 is 0 Å². The Hall–Kier alpha value is -2.68. The lowest BCUT2D eigenvalue weighted by Crippen LogP contribution is -2.39. The molecule has 15 nitrogen and oxygen atoms in total. The van der Waals surface area contributed by atoms with E-state index in [2.05, 4.69) is 24.8 Å². The van der Waals surface area contributed by atoms with Gasteiger partial charge in [0, 0.05) is 0 Å². The van der Waals surface area contributed by atoms with Crippen LogP contribution < -0.4 is 5.32 Å². The number of aliphatic hydroxyl groups is 1. The second-order valence-electron chi connectivity index (χ2n) is 6.57. The molecule has 2 aliphatic heterocycles. The number of aliphatic hydroxyl groups excluding tert-OH is 1. The van der Waals surface area contributed by atoms with E-state index in [9.17, 15) is 29.3 Å². The van der Waals surface area contributed by atoms with Crippen molar-refractivity contribution in [3.05, 3.63) is 12.7 Å². The summed E-state index contributed by atoms with van der Waals surface area (Å²) in [4.78, 5) is 43.7. The van der Waals surface area contributed by atoms with Crippen LogP contribution in [0.2, 0.25) is 0 Å². The van der Waals surface area contributed by atoms with Gasteiger partial charge in [-0.15, -0.1) is 0 Å². The third kappa shape index (κ3) is 3.74. The third-order valence-electron chi connectivity index (χ3n) is 4.59. The maximum absolute atomic E-state index is 11.6. The van der Waals surface area contributed by atoms with Gasteiger partial charge in [0.1, 0.15) is 30.7 Å². The SMILES string of the molecule is O=C(O)C[C@H](Nc1ncnc2c1ncn2[C@@H]1O[C@@H]2COP(=O)(O)O[C@H]2[C@H]1O)C(=O)O. The predicted octanol–water partition coefficient (Wildman–Crippen LogP) is -1.06. The summed E-state index contributed by atoms with van der Waals surface area (Å²) in [6, 6.07) is -1.47. The number of hydrogen-bond acceptors (Lipinski definition) is 11. The average Bonchev–Trinajstić information content (AvgIpc) is 3.22. The fourth-order valence-corrected chi connectivity index (χ4v) is 4.21. The molecule has 1 unspecified atom stereocenters. The van der Waals surface area contributed by atoms with Crippen molar-refractivity contribution in [3.63, 3.8) is 0 Å². The van der Waals surface area contributed by atoms with Crippen molar-refractivity contribution in [2.24, 2.45) is 0 Å². The van der Waals surface area contributed by atoms with Crippen molar-refractivity contribution in [3.8, 4) is 0 Å². The molecule has 162 valence electrons. The summed E-state index contributed by atoms with van der Waals surface area (Å²) >= 11 is 0. The van der Waals surface area contributed by atoms with Crippen LogP contribution in [0, 0.1) is 0 Å². The van der Waals surface area contributed by atoms with Gasteiger partial charge in [0.25, 0.3) is 0 Å². The van der Waals surface area contributed by atoms with Crippen LogP contribution in [0.5, 0.6) is 0 Å². The Kier molecular flexibility index (Phi) is 5.17. The largest absolute Gasteiger partial charge is 0.481 e. The standard InChI is InChI=1S/C14H16N5O10P/c20-7(21)1-5(14(23)24)18-11-8-12(16-3-15-11)19(4-17-8)13-9(22)10-6(28-13)2-27-30(25,26)29-10/h3-6,9-10,13,22H,1-2H2,(H,20,21)(H,23,24)(H,25,26)(H,15,16,18)/t5-,6+,9+,10+,13+/m0/s1. The van der Waals surface area contributed by atoms with Gasteiger partial charge in [-0.1, -0.05) is 0 Å². The topological polar surface area (TPSA) is 215 Å². The van der Waals surface area contributed by atoms with Gasteiger partial charge in [0.15, 0.2) is 23.2 Å². The highest BCUT2D eigenvalue weighted by Gasteiger charge is 2.52. The number of imidazole rings is 1. The number of carboxylic acids is 2. The van der Waals surface area contributed by atoms with Crippen molar-refractivity contribution in [2.75, 3.05) is 11.9 Å². The lowest BCUT2D eigenvalue weighted by molar-refractivity contribution is -0.144. The van der Waals surface area contributed by atoms with Gasteiger partial charge in [0.05, 0.1) is 19.4 Å². The number of fused-ring (bicyclic) bond motifs is 2. The molecule has 0 amide bonds. The molecule has 0 aliphatic carbocycles. The molecular formula is C14H16N5O10P. The first-order valence-corrected chi connectivity index (χ1v) is 10.0. The van der Waals surface area contributed by atoms with E-state index in [4.69, 9.17) is 14.4 Å². The first kappa shape index (κ1) is 20.6. The molecule has 2 aliphatic rings. The molecule has 0 radical (unpaired) electrons. The summed E-state index contributed by atoms with van der Waals surface area (Å²) < 4.78 is 28.2. The Morgan fingerprint density at radius 2 is 2.10 bits per heavy atom. The average molecular weight is 445 g/mol. The maximum Gasteiger partial charge on any atom is 0.472 e. The van der Waals surface area contributed by atoms with Crippen LogP contribution in [0.4, 0.5) is 5.82 Å². The molecule has 4 heterocycles. The molecule has 0 aromatic carbocycles. The van der Waals surface area contributed by atoms with Crippen molar-refractivity contribution in [1.29, 1.82) is 0 Å². The molecule has 5 N–H and O–H groups in total. The van der Waals surface area contributed by atoms with E-state index in [0.717, 1.165) is 6.33 Å². The Morgan fingerprint density at radius 3 is 2.80 bits per heavy atom. The number of nitrogens with one attached hydrogen (secondary N) is 1. The van der Waals surface area contributed by atoms with Gasteiger partial charge in [-0.3, -0.25) is 18.4 Å². The summed E-state index contributed by atoms with van der Waals surface area (Å²) in [5.74, 6) is -2.75. The van der Waals surface area contributed by atoms with Gasteiger partial charge >= 0.3 is 19.8 Å². The molecule has 6 atom stereocenters. The Labute approximate surface area is 166 Å². The van der Waals surface area contributed by atoms with Crippen molar-refractivity contribution < 1.29 is 48.2 Å². The molecule has 4 rings (SSSR count). The van der Waals surface area contributed by atoms with Gasteiger partial charge in [-0.2, -0.15) is 0 Å². The summed E-state index contributed by atoms with van der Waals surface area (Å²) in [7, 11) is -4.29. The van der Waals surface area contributed by atoms with Crippen molar-refractivity contribution in [2.45, 2.75) is 37.0 Å². The zero-order valence-corrected chi connectivity index (χ0v) is 15.8. The lowest BCUT2D eigenvalue weighted by atomic mass is 10.1. The van der Waals surface area contributed by atoms with Crippen LogP contribution >= 0.6 is 7.82 Å². The zero-order valence-electron chi connectivity index (χ0n) is 14.9. The molecule has 2 aromatic rings. The number of ether oxygens (including phenoxy) is 1. The highest BCUT2D eigenvalue weighted by molar-refractivity contribution is 7.47. The van der Waals surface area contributed by atoms with Crippen molar-refractivity contribution >= 4 is 36.7 Å². The molecule has 2 fully saturated rings. The molecule has 0 saturated carbocycles. The molecule has 30 heavy (non-hydrogen) atoms. The van der Waals surface area contributed by atoms with Gasteiger partial charge in [-0.05, 0) is 0 Å². The van der Waals surface area contributed by atoms with Gasteiger partial charge < -0.3 is 30.3 Å². The van der Waals surface area contributed by atoms with Crippen LogP contribution in [-0.4, -0.2) is 82.6 Å². The van der Waals surface area contributed by atoms with Gasteiger partial charge in [-0.25, -0.2) is 24.3 Å². The number of carbonyl (C=O) groups is 2. The Bertz CT molecular complexity index is 1050. The first-order chi connectivity index (χ1) is 14.2. The minimum absolute atomic E-state index is 0.0308. The molecule has 16 heteroatoms. The first-order valence-electron chi connectivity index (χ1n) is 8.54. The molecule has 0 spiro atoms. The minimum Gasteiger partial charge on any atom is -0.481 e. The number of aliphatic carboxylic acids is 2. The van der Waals surface area contributed by atoms with E-state index < -0.39 is 56.8 Å². The van der Waals surface area contributed by atoms with Crippen molar-refractivity contribution in [1.82, 2.24) is 19.5 Å². The zero-order chi connectivity index (χ0) is 21.6. The monoisotopic (exact) mass is 445 g/mol. The van der Waals surface area contributed by atoms with Crippen LogP contribution in [0.3, 0.4) is 0 Å². The highest BCUT2D eigenvalue weighted by Crippen LogP contribution is 2.52. The quantitative estimate of drug-likeness (QED) is 0.335. The minimum atomic E-state index is -4.29. The van der Waals surface area contributed by atoms with Crippen LogP contribution in [0.1, 0.15) is 12.6 Å². The number of hydrogen-bond donors (Lipinski definition) is 5. The number of nitrogens with zero attached hydrogens (tertiary/aromatic N) is 4. The van der Waals surface area contributed by atoms with E-state index in [1.807, 2.05) is 0 Å². The molecular weight excluding hydrogens is 429 g/mol. The second kappa shape index (κ2) is 7.54. The number of anilines is 1. The number of phosphoric ester groups is 1. The van der Waals surface area contributed by atoms with E-state index in [-0.39, 0.29) is 23.6 Å². The summed E-state index contributed by atoms with van der Waals surface area (Å²) in [5, 5.41) is 31.1. The molecule has 2 saturated heterocycles. The summed E-state index contributed by atoms with van der Waals surface area (Å²) in [6.45, 7) is -0.268. The third-order valence-corrected chi connectivity index (χ3v) is 5.57. The Morgan fingerprint density at radius 1 is 1.33 bits per heavy atom. The summed E-state index contributed by atoms with van der Waals surface area (Å²) in [6.07, 6.45) is -2.74. The van der Waals surface area contributed by atoms with E-state index in [1.54, 1.807) is 0 Å². The van der Waals surface area contributed by atoms with Gasteiger partial charge in [0.2, 0.25) is 0 Å². The molecule has 2 aromatic heterocycles. The number of carboxylic acid groups (broad SMARTS) is 2. The van der Waals surface area contributed by atoms with Crippen LogP contribution in [0.15, 0.2) is 12.7 Å². The van der Waals surface area contributed by atoms with Crippen LogP contribution in [-0.2, 0) is 27.9 Å². The Balaban J connectivity index is 1.63. The second-order valence-corrected chi connectivity index (χ2v) is 7.98. The lowest BCUT2D eigenvalue weighted by Gasteiger charge is -2.27. The van der Waals surface area contributed by atoms with E-state index in [1.165, 1.54) is 10.9 Å². The van der Waals surface area contributed by atoms with E-state index in [0.29, 0.717) is 0 Å². The predicted molar refractivity (Wildman–Crippen MR) is 93.2 cm³/mol. The number of aromatic nitrogens is 4. The summed E-state index contributed by atoms with van der Waals surface area (Å²) in [5.41, 5.74) is 0.243. The number of rotatable bonds is 6. The number of phosphoric acid groups is 1. The highest BCUT2D eigenvalue weighted by atomic mass is 31.2. The fourth-order valence-electron chi connectivity index (χ4n) is 3.25. The smallest absolute Gasteiger partial charge is 0.472 e. The normalized spacial score (nSPS) is 31.9.